The van der Waals surface area contributed by atoms with Gasteiger partial charge in [-0.05, 0) is 19.9 Å². The van der Waals surface area contributed by atoms with Crippen LogP contribution >= 0.6 is 0 Å². The molecule has 1 aromatic rings. The Morgan fingerprint density at radius 3 is 2.80 bits per heavy atom. The van der Waals surface area contributed by atoms with Crippen LogP contribution in [0.25, 0.3) is 0 Å². The molecule has 1 fully saturated rings. The fraction of sp³-hybridized carbons (Fsp3) is 0.462. The van der Waals surface area contributed by atoms with Gasteiger partial charge in [0.25, 0.3) is 5.91 Å². The average molecular weight is 279 g/mol. The fourth-order valence-corrected chi connectivity index (χ4v) is 2.38. The van der Waals surface area contributed by atoms with Gasteiger partial charge < -0.3 is 20.5 Å². The molecule has 2 heterocycles. The first kappa shape index (κ1) is 14.3. The van der Waals surface area contributed by atoms with E-state index in [2.05, 4.69) is 4.98 Å². The van der Waals surface area contributed by atoms with Gasteiger partial charge >= 0.3 is 5.97 Å². The van der Waals surface area contributed by atoms with Gasteiger partial charge in [0, 0.05) is 12.2 Å². The number of hydrogen-bond acceptors (Lipinski definition) is 5. The summed E-state index contributed by atoms with van der Waals surface area (Å²) in [6.45, 7) is 4.50. The maximum Gasteiger partial charge on any atom is 0.334 e. The van der Waals surface area contributed by atoms with Crippen molar-refractivity contribution >= 4 is 17.6 Å². The molecule has 1 aromatic heterocycles. The molecule has 1 atom stereocenters. The minimum Gasteiger partial charge on any atom is -0.479 e. The number of rotatable bonds is 3. The summed E-state index contributed by atoms with van der Waals surface area (Å²) in [5, 5.41) is 9.03. The van der Waals surface area contributed by atoms with E-state index in [1.807, 2.05) is 11.8 Å². The van der Waals surface area contributed by atoms with Crippen molar-refractivity contribution < 1.29 is 19.4 Å². The highest BCUT2D eigenvalue weighted by Crippen LogP contribution is 2.25. The van der Waals surface area contributed by atoms with E-state index in [-0.39, 0.29) is 13.2 Å². The Kier molecular flexibility index (Phi) is 3.89. The first-order chi connectivity index (χ1) is 9.40. The third-order valence-electron chi connectivity index (χ3n) is 3.24. The zero-order chi connectivity index (χ0) is 14.9. The number of morpholine rings is 1. The number of pyridine rings is 1. The minimum absolute atomic E-state index is 0.179. The topological polar surface area (TPSA) is 106 Å². The molecule has 0 radical (unpaired) electrons. The zero-order valence-corrected chi connectivity index (χ0v) is 11.4. The van der Waals surface area contributed by atoms with Crippen LogP contribution in [0.2, 0.25) is 0 Å². The van der Waals surface area contributed by atoms with Gasteiger partial charge in [-0.3, -0.25) is 9.78 Å². The van der Waals surface area contributed by atoms with Crippen LogP contribution in [0.4, 0.5) is 5.69 Å². The lowest BCUT2D eigenvalue weighted by molar-refractivity contribution is -0.150. The molecule has 0 aliphatic carbocycles. The molecule has 1 unspecified atom stereocenters. The maximum absolute atomic E-state index is 11.6. The number of aryl methyl sites for hydroxylation is 2. The minimum atomic E-state index is -1.02. The van der Waals surface area contributed by atoms with Crippen LogP contribution < -0.4 is 10.6 Å². The molecule has 2 rings (SSSR count). The molecule has 1 aliphatic heterocycles. The first-order valence-corrected chi connectivity index (χ1v) is 6.27. The predicted octanol–water partition coefficient (Wildman–Crippen LogP) is 0.0871. The summed E-state index contributed by atoms with van der Waals surface area (Å²) >= 11 is 0. The summed E-state index contributed by atoms with van der Waals surface area (Å²) in [5.74, 6) is -1.58. The number of carbonyl (C=O) groups is 2. The maximum atomic E-state index is 11.6. The van der Waals surface area contributed by atoms with Crippen molar-refractivity contribution in [3.05, 3.63) is 23.0 Å². The van der Waals surface area contributed by atoms with E-state index in [1.165, 1.54) is 0 Å². The van der Waals surface area contributed by atoms with Crippen molar-refractivity contribution in [2.24, 2.45) is 5.73 Å². The van der Waals surface area contributed by atoms with Crippen LogP contribution in [0, 0.1) is 13.8 Å². The quantitative estimate of drug-likeness (QED) is 0.812. The number of primary amides is 1. The van der Waals surface area contributed by atoms with E-state index in [9.17, 15) is 9.59 Å². The van der Waals surface area contributed by atoms with Crippen LogP contribution in [0.1, 0.15) is 21.7 Å². The molecule has 7 heteroatoms. The molecule has 108 valence electrons. The van der Waals surface area contributed by atoms with Crippen molar-refractivity contribution in [2.45, 2.75) is 20.0 Å². The second-order valence-corrected chi connectivity index (χ2v) is 4.75. The van der Waals surface area contributed by atoms with Crippen LogP contribution in [-0.2, 0) is 9.53 Å². The van der Waals surface area contributed by atoms with Gasteiger partial charge in [0.05, 0.1) is 30.1 Å². The molecular weight excluding hydrogens is 262 g/mol. The van der Waals surface area contributed by atoms with Gasteiger partial charge in [-0.15, -0.1) is 0 Å². The van der Waals surface area contributed by atoms with Crippen molar-refractivity contribution in [3.8, 4) is 0 Å². The molecular formula is C13H17N3O4. The third kappa shape index (κ3) is 2.72. The van der Waals surface area contributed by atoms with E-state index < -0.39 is 18.0 Å². The van der Waals surface area contributed by atoms with E-state index >= 15 is 0 Å². The number of amides is 1. The van der Waals surface area contributed by atoms with Gasteiger partial charge in [0.1, 0.15) is 0 Å². The lowest BCUT2D eigenvalue weighted by Gasteiger charge is -2.33. The van der Waals surface area contributed by atoms with Gasteiger partial charge in [0.15, 0.2) is 6.10 Å². The number of aliphatic carboxylic acids is 1. The Balaban J connectivity index is 2.41. The Bertz CT molecular complexity index is 559. The van der Waals surface area contributed by atoms with Crippen molar-refractivity contribution in [2.75, 3.05) is 24.6 Å². The summed E-state index contributed by atoms with van der Waals surface area (Å²) < 4.78 is 5.18. The van der Waals surface area contributed by atoms with Crippen molar-refractivity contribution in [1.82, 2.24) is 4.98 Å². The second kappa shape index (κ2) is 5.46. The van der Waals surface area contributed by atoms with E-state index in [0.29, 0.717) is 23.5 Å². The number of carboxylic acids is 1. The molecule has 0 saturated carbocycles. The monoisotopic (exact) mass is 279 g/mol. The van der Waals surface area contributed by atoms with Gasteiger partial charge in [0.2, 0.25) is 0 Å². The van der Waals surface area contributed by atoms with Crippen LogP contribution in [0.3, 0.4) is 0 Å². The highest BCUT2D eigenvalue weighted by atomic mass is 16.5. The Hall–Kier alpha value is -2.15. The standard InChI is InChI=1S/C13H17N3O4/c1-7-5-9(11(12(14)17)8(2)15-7)16-3-4-20-10(6-16)13(18)19/h5,10H,3-4,6H2,1-2H3,(H2,14,17)(H,18,19). The normalized spacial score (nSPS) is 18.9. The largest absolute Gasteiger partial charge is 0.479 e. The molecule has 0 spiro atoms. The Morgan fingerprint density at radius 2 is 2.20 bits per heavy atom. The molecule has 1 amide bonds. The highest BCUT2D eigenvalue weighted by Gasteiger charge is 2.29. The zero-order valence-electron chi connectivity index (χ0n) is 11.4. The van der Waals surface area contributed by atoms with Crippen LogP contribution in [0.15, 0.2) is 6.07 Å². The van der Waals surface area contributed by atoms with E-state index in [4.69, 9.17) is 15.6 Å². The summed E-state index contributed by atoms with van der Waals surface area (Å²) in [6.07, 6.45) is -0.904. The SMILES string of the molecule is Cc1cc(N2CCOC(C(=O)O)C2)c(C(N)=O)c(C)n1. The van der Waals surface area contributed by atoms with Crippen LogP contribution in [-0.4, -0.2) is 47.8 Å². The number of carboxylic acid groups (broad SMARTS) is 1. The predicted molar refractivity (Wildman–Crippen MR) is 71.8 cm³/mol. The van der Waals surface area contributed by atoms with E-state index in [1.54, 1.807) is 13.0 Å². The van der Waals surface area contributed by atoms with Gasteiger partial charge in [-0.25, -0.2) is 4.79 Å². The Labute approximate surface area is 116 Å². The summed E-state index contributed by atoms with van der Waals surface area (Å²) in [6, 6.07) is 1.75. The molecule has 0 bridgehead atoms. The van der Waals surface area contributed by atoms with Crippen molar-refractivity contribution in [3.63, 3.8) is 0 Å². The number of aromatic nitrogens is 1. The first-order valence-electron chi connectivity index (χ1n) is 6.27. The molecule has 1 aliphatic rings. The summed E-state index contributed by atoms with van der Waals surface area (Å²) in [4.78, 5) is 28.7. The molecule has 20 heavy (non-hydrogen) atoms. The number of nitrogens with two attached hydrogens (primary N) is 1. The van der Waals surface area contributed by atoms with Gasteiger partial charge in [-0.2, -0.15) is 0 Å². The fourth-order valence-electron chi connectivity index (χ4n) is 2.38. The lowest BCUT2D eigenvalue weighted by Crippen LogP contribution is -2.46. The third-order valence-corrected chi connectivity index (χ3v) is 3.24. The Morgan fingerprint density at radius 1 is 1.50 bits per heavy atom. The molecule has 3 N–H and O–H groups in total. The smallest absolute Gasteiger partial charge is 0.334 e. The van der Waals surface area contributed by atoms with E-state index in [0.717, 1.165) is 5.69 Å². The molecule has 7 nitrogen and oxygen atoms in total. The van der Waals surface area contributed by atoms with Gasteiger partial charge in [-0.1, -0.05) is 0 Å². The lowest BCUT2D eigenvalue weighted by atomic mass is 10.1. The number of nitrogens with zero attached hydrogens (tertiary/aromatic N) is 2. The molecule has 0 aromatic carbocycles. The highest BCUT2D eigenvalue weighted by molar-refractivity contribution is 5.99. The number of carbonyl (C=O) groups excluding carboxylic acids is 1. The summed E-state index contributed by atoms with van der Waals surface area (Å²) in [5.41, 5.74) is 7.67. The number of anilines is 1. The number of ether oxygens (including phenoxy) is 1. The van der Waals surface area contributed by atoms with Crippen LogP contribution in [0.5, 0.6) is 0 Å². The second-order valence-electron chi connectivity index (χ2n) is 4.75. The average Bonchev–Trinajstić information content (AvgIpc) is 2.37. The summed E-state index contributed by atoms with van der Waals surface area (Å²) in [7, 11) is 0. The van der Waals surface area contributed by atoms with Crippen molar-refractivity contribution in [1.29, 1.82) is 0 Å². The molecule has 1 saturated heterocycles. The number of hydrogen-bond donors (Lipinski definition) is 2.